The van der Waals surface area contributed by atoms with E-state index in [0.29, 0.717) is 6.61 Å². The lowest BCUT2D eigenvalue weighted by Gasteiger charge is -2.09. The predicted octanol–water partition coefficient (Wildman–Crippen LogP) is 4.62. The minimum Gasteiger partial charge on any atom is -0.461 e. The molecule has 0 amide bonds. The van der Waals surface area contributed by atoms with E-state index in [0.717, 1.165) is 23.7 Å². The Balaban J connectivity index is 2.25. The number of unbranched alkanes of at least 4 members (excludes halogenated alkanes) is 1. The first-order valence-corrected chi connectivity index (χ1v) is 7.98. The van der Waals surface area contributed by atoms with Gasteiger partial charge >= 0.3 is 5.97 Å². The molecule has 0 atom stereocenters. The summed E-state index contributed by atoms with van der Waals surface area (Å²) < 4.78 is 5.21. The van der Waals surface area contributed by atoms with Crippen LogP contribution in [0.5, 0.6) is 0 Å². The van der Waals surface area contributed by atoms with E-state index in [-0.39, 0.29) is 11.9 Å². The molecule has 0 aromatic heterocycles. The zero-order chi connectivity index (χ0) is 15.7. The molecule has 0 aliphatic heterocycles. The van der Waals surface area contributed by atoms with E-state index in [4.69, 9.17) is 4.74 Å². The molecule has 1 N–H and O–H groups in total. The number of carbonyl (C=O) groups excluding carboxylic acids is 1. The Hall–Kier alpha value is -1.51. The van der Waals surface area contributed by atoms with Crippen molar-refractivity contribution in [3.8, 4) is 0 Å². The number of esters is 1. The lowest BCUT2D eigenvalue weighted by molar-refractivity contribution is -0.148. The Morgan fingerprint density at radius 1 is 1.10 bits per heavy atom. The second-order valence-corrected chi connectivity index (χ2v) is 6.28. The van der Waals surface area contributed by atoms with Gasteiger partial charge in [-0.2, -0.15) is 0 Å². The molecule has 0 heterocycles. The van der Waals surface area contributed by atoms with Crippen molar-refractivity contribution < 1.29 is 9.53 Å². The highest BCUT2D eigenvalue weighted by atomic mass is 16.5. The summed E-state index contributed by atoms with van der Waals surface area (Å²) in [6.45, 7) is 9.57. The van der Waals surface area contributed by atoms with Gasteiger partial charge in [0.05, 0.1) is 5.92 Å². The first-order chi connectivity index (χ1) is 9.99. The predicted molar refractivity (Wildman–Crippen MR) is 88.3 cm³/mol. The second-order valence-electron chi connectivity index (χ2n) is 6.28. The van der Waals surface area contributed by atoms with Crippen LogP contribution in [0.1, 0.15) is 52.5 Å². The minimum absolute atomic E-state index is 0.0724. The van der Waals surface area contributed by atoms with E-state index in [1.165, 1.54) is 19.3 Å². The van der Waals surface area contributed by atoms with Crippen LogP contribution in [0, 0.1) is 11.8 Å². The minimum atomic E-state index is -0.151. The van der Waals surface area contributed by atoms with E-state index in [1.807, 2.05) is 38.1 Å². The molecule has 0 fully saturated rings. The number of hydrogen-bond acceptors (Lipinski definition) is 3. The van der Waals surface area contributed by atoms with Crippen LogP contribution in [-0.2, 0) is 16.1 Å². The van der Waals surface area contributed by atoms with Crippen molar-refractivity contribution in [3.05, 3.63) is 29.8 Å². The molecule has 0 saturated carbocycles. The van der Waals surface area contributed by atoms with Crippen LogP contribution in [0.4, 0.5) is 5.69 Å². The summed E-state index contributed by atoms with van der Waals surface area (Å²) in [5.74, 6) is 0.567. The summed E-state index contributed by atoms with van der Waals surface area (Å²) in [7, 11) is 0. The van der Waals surface area contributed by atoms with Crippen LogP contribution >= 0.6 is 0 Å². The normalized spacial score (nSPS) is 11.0. The molecule has 0 saturated heterocycles. The second kappa shape index (κ2) is 9.43. The van der Waals surface area contributed by atoms with Crippen LogP contribution in [0.3, 0.4) is 0 Å². The molecule has 21 heavy (non-hydrogen) atoms. The van der Waals surface area contributed by atoms with Gasteiger partial charge in [0.15, 0.2) is 0 Å². The van der Waals surface area contributed by atoms with Gasteiger partial charge in [-0.3, -0.25) is 4.79 Å². The number of carbonyl (C=O) groups is 1. The number of rotatable bonds is 9. The number of anilines is 1. The first-order valence-electron chi connectivity index (χ1n) is 7.98. The fraction of sp³-hybridized carbons (Fsp3) is 0.611. The van der Waals surface area contributed by atoms with Crippen LogP contribution < -0.4 is 5.32 Å². The zero-order valence-electron chi connectivity index (χ0n) is 13.8. The summed E-state index contributed by atoms with van der Waals surface area (Å²) in [4.78, 5) is 11.4. The van der Waals surface area contributed by atoms with Crippen molar-refractivity contribution in [1.29, 1.82) is 0 Å². The summed E-state index contributed by atoms with van der Waals surface area (Å²) in [5.41, 5.74) is 2.15. The van der Waals surface area contributed by atoms with Crippen molar-refractivity contribution in [1.82, 2.24) is 0 Å². The molecule has 118 valence electrons. The highest BCUT2D eigenvalue weighted by molar-refractivity contribution is 5.71. The molecule has 1 aromatic carbocycles. The summed E-state index contributed by atoms with van der Waals surface area (Å²) in [5, 5.41) is 3.42. The van der Waals surface area contributed by atoms with Gasteiger partial charge < -0.3 is 10.1 Å². The van der Waals surface area contributed by atoms with Crippen molar-refractivity contribution in [2.75, 3.05) is 11.9 Å². The van der Waals surface area contributed by atoms with Gasteiger partial charge in [0.1, 0.15) is 6.61 Å². The van der Waals surface area contributed by atoms with Crippen molar-refractivity contribution in [2.24, 2.45) is 11.8 Å². The topological polar surface area (TPSA) is 38.3 Å². The first kappa shape index (κ1) is 17.5. The molecular weight excluding hydrogens is 262 g/mol. The Labute approximate surface area is 129 Å². The molecular formula is C18H29NO2. The number of hydrogen-bond donors (Lipinski definition) is 1. The van der Waals surface area contributed by atoms with Crippen molar-refractivity contribution in [2.45, 2.75) is 53.6 Å². The van der Waals surface area contributed by atoms with E-state index in [2.05, 4.69) is 19.2 Å². The van der Waals surface area contributed by atoms with Gasteiger partial charge in [0, 0.05) is 12.2 Å². The Bertz CT molecular complexity index is 410. The average molecular weight is 291 g/mol. The fourth-order valence-corrected chi connectivity index (χ4v) is 1.95. The maximum absolute atomic E-state index is 11.4. The smallest absolute Gasteiger partial charge is 0.308 e. The van der Waals surface area contributed by atoms with E-state index in [9.17, 15) is 4.79 Å². The molecule has 0 spiro atoms. The number of benzene rings is 1. The van der Waals surface area contributed by atoms with Crippen LogP contribution in [0.2, 0.25) is 0 Å². The van der Waals surface area contributed by atoms with Gasteiger partial charge in [-0.05, 0) is 30.0 Å². The highest BCUT2D eigenvalue weighted by Gasteiger charge is 2.07. The van der Waals surface area contributed by atoms with Crippen LogP contribution in [-0.4, -0.2) is 12.5 Å². The van der Waals surface area contributed by atoms with Gasteiger partial charge in [-0.15, -0.1) is 0 Å². The maximum Gasteiger partial charge on any atom is 0.308 e. The van der Waals surface area contributed by atoms with Gasteiger partial charge in [-0.1, -0.05) is 52.7 Å². The maximum atomic E-state index is 11.4. The van der Waals surface area contributed by atoms with E-state index in [1.54, 1.807) is 0 Å². The van der Waals surface area contributed by atoms with Gasteiger partial charge in [0.2, 0.25) is 0 Å². The Morgan fingerprint density at radius 3 is 2.33 bits per heavy atom. The van der Waals surface area contributed by atoms with Crippen molar-refractivity contribution in [3.63, 3.8) is 0 Å². The van der Waals surface area contributed by atoms with Crippen LogP contribution in [0.15, 0.2) is 24.3 Å². The molecule has 0 bridgehead atoms. The molecule has 1 aromatic rings. The number of ether oxygens (including phenoxy) is 1. The average Bonchev–Trinajstić information content (AvgIpc) is 2.45. The summed E-state index contributed by atoms with van der Waals surface area (Å²) in [6, 6.07) is 8.09. The Morgan fingerprint density at radius 2 is 1.76 bits per heavy atom. The standard InChI is InChI=1S/C18H29NO2/c1-14(2)7-5-6-12-19-17-10-8-16(9-11-17)13-21-18(20)15(3)4/h8-11,14-15,19H,5-7,12-13H2,1-4H3. The molecule has 3 nitrogen and oxygen atoms in total. The third kappa shape index (κ3) is 7.74. The third-order valence-corrected chi connectivity index (χ3v) is 3.34. The molecule has 0 unspecified atom stereocenters. The van der Waals surface area contributed by atoms with Gasteiger partial charge in [-0.25, -0.2) is 0 Å². The largest absolute Gasteiger partial charge is 0.461 e. The summed E-state index contributed by atoms with van der Waals surface area (Å²) >= 11 is 0. The van der Waals surface area contributed by atoms with Crippen LogP contribution in [0.25, 0.3) is 0 Å². The SMILES string of the molecule is CC(C)CCCCNc1ccc(COC(=O)C(C)C)cc1. The quantitative estimate of drug-likeness (QED) is 0.533. The molecule has 0 aliphatic carbocycles. The highest BCUT2D eigenvalue weighted by Crippen LogP contribution is 2.12. The molecule has 1 rings (SSSR count). The molecule has 0 radical (unpaired) electrons. The van der Waals surface area contributed by atoms with E-state index < -0.39 is 0 Å². The Kier molecular flexibility index (Phi) is 7.88. The monoisotopic (exact) mass is 291 g/mol. The fourth-order valence-electron chi connectivity index (χ4n) is 1.95. The lowest BCUT2D eigenvalue weighted by Crippen LogP contribution is -2.11. The molecule has 0 aliphatic rings. The summed E-state index contributed by atoms with van der Waals surface area (Å²) in [6.07, 6.45) is 3.77. The molecule has 3 heteroatoms. The lowest BCUT2D eigenvalue weighted by atomic mass is 10.1. The zero-order valence-corrected chi connectivity index (χ0v) is 13.8. The van der Waals surface area contributed by atoms with Crippen molar-refractivity contribution >= 4 is 11.7 Å². The third-order valence-electron chi connectivity index (χ3n) is 3.34. The number of nitrogens with one attached hydrogen (secondary N) is 1. The van der Waals surface area contributed by atoms with Gasteiger partial charge in [0.25, 0.3) is 0 Å². The van der Waals surface area contributed by atoms with E-state index >= 15 is 0 Å².